The fraction of sp³-hybridized carbons (Fsp3) is 1.00. The smallest absolute Gasteiger partial charge is 0.0105 e. The summed E-state index contributed by atoms with van der Waals surface area (Å²) in [5, 5.41) is 3.94. The van der Waals surface area contributed by atoms with E-state index < -0.39 is 0 Å². The number of nitrogens with one attached hydrogen (secondary N) is 1. The first kappa shape index (κ1) is 12.4. The molecular weight excluding hydrogens is 196 g/mol. The summed E-state index contributed by atoms with van der Waals surface area (Å²) in [6.45, 7) is 2.35. The van der Waals surface area contributed by atoms with E-state index in [9.17, 15) is 0 Å². The Morgan fingerprint density at radius 1 is 1.12 bits per heavy atom. The van der Waals surface area contributed by atoms with Gasteiger partial charge in [0.2, 0.25) is 0 Å². The predicted molar refractivity (Wildman–Crippen MR) is 69.7 cm³/mol. The van der Waals surface area contributed by atoms with Crippen LogP contribution in [0.2, 0.25) is 0 Å². The zero-order valence-electron chi connectivity index (χ0n) is 11.2. The molecule has 0 saturated heterocycles. The van der Waals surface area contributed by atoms with Gasteiger partial charge >= 0.3 is 0 Å². The zero-order chi connectivity index (χ0) is 11.5. The summed E-state index contributed by atoms with van der Waals surface area (Å²) in [5.41, 5.74) is 0. The van der Waals surface area contributed by atoms with Gasteiger partial charge in [0.25, 0.3) is 0 Å². The molecule has 0 amide bonds. The van der Waals surface area contributed by atoms with Crippen molar-refractivity contribution in [3.05, 3.63) is 0 Å². The average Bonchev–Trinajstić information content (AvgIpc) is 2.87. The van der Waals surface area contributed by atoms with Gasteiger partial charge in [-0.2, -0.15) is 0 Å². The van der Waals surface area contributed by atoms with E-state index in [1.54, 1.807) is 0 Å². The van der Waals surface area contributed by atoms with E-state index in [2.05, 4.69) is 31.2 Å². The Labute approximate surface area is 101 Å². The maximum absolute atomic E-state index is 3.94. The fourth-order valence-corrected chi connectivity index (χ4v) is 3.63. The van der Waals surface area contributed by atoms with Gasteiger partial charge in [-0.3, -0.25) is 0 Å². The molecule has 0 heterocycles. The van der Waals surface area contributed by atoms with E-state index in [0.29, 0.717) is 0 Å². The summed E-state index contributed by atoms with van der Waals surface area (Å²) in [6, 6.07) is 2.44. The molecule has 2 heteroatoms. The van der Waals surface area contributed by atoms with Gasteiger partial charge in [-0.1, -0.05) is 19.8 Å². The summed E-state index contributed by atoms with van der Waals surface area (Å²) in [6.07, 6.45) is 9.81. The van der Waals surface area contributed by atoms with Crippen LogP contribution in [-0.2, 0) is 0 Å². The van der Waals surface area contributed by atoms with Gasteiger partial charge in [-0.15, -0.1) is 0 Å². The average molecular weight is 224 g/mol. The van der Waals surface area contributed by atoms with Crippen LogP contribution in [0.5, 0.6) is 0 Å². The second-order valence-corrected chi connectivity index (χ2v) is 6.00. The highest BCUT2D eigenvalue weighted by Crippen LogP contribution is 2.31. The minimum Gasteiger partial charge on any atom is -0.311 e. The van der Waals surface area contributed by atoms with E-state index in [0.717, 1.165) is 24.0 Å². The van der Waals surface area contributed by atoms with Gasteiger partial charge in [0.05, 0.1) is 0 Å². The number of nitrogens with zero attached hydrogens (tertiary/aromatic N) is 1. The third-order valence-electron chi connectivity index (χ3n) is 4.77. The quantitative estimate of drug-likeness (QED) is 0.790. The Morgan fingerprint density at radius 3 is 2.56 bits per heavy atom. The first-order valence-corrected chi connectivity index (χ1v) is 7.13. The molecule has 4 unspecified atom stereocenters. The Morgan fingerprint density at radius 2 is 1.94 bits per heavy atom. The second-order valence-electron chi connectivity index (χ2n) is 6.00. The van der Waals surface area contributed by atoms with Crippen molar-refractivity contribution in [1.29, 1.82) is 0 Å². The van der Waals surface area contributed by atoms with Crippen LogP contribution in [0.25, 0.3) is 0 Å². The molecule has 2 rings (SSSR count). The zero-order valence-corrected chi connectivity index (χ0v) is 11.2. The van der Waals surface area contributed by atoms with Crippen LogP contribution in [-0.4, -0.2) is 37.1 Å². The summed E-state index contributed by atoms with van der Waals surface area (Å²) in [7, 11) is 4.44. The van der Waals surface area contributed by atoms with Crippen molar-refractivity contribution in [2.45, 2.75) is 70.0 Å². The van der Waals surface area contributed by atoms with Crippen molar-refractivity contribution in [3.8, 4) is 0 Å². The van der Waals surface area contributed by atoms with Crippen molar-refractivity contribution in [3.63, 3.8) is 0 Å². The molecule has 2 saturated carbocycles. The van der Waals surface area contributed by atoms with Gasteiger partial charge < -0.3 is 10.2 Å². The molecule has 2 aliphatic rings. The maximum atomic E-state index is 3.94. The Bertz CT molecular complexity index is 215. The molecule has 4 atom stereocenters. The van der Waals surface area contributed by atoms with Gasteiger partial charge in [0.15, 0.2) is 0 Å². The van der Waals surface area contributed by atoms with E-state index >= 15 is 0 Å². The lowest BCUT2D eigenvalue weighted by molar-refractivity contribution is 0.284. The molecule has 2 aliphatic carbocycles. The molecule has 0 aliphatic heterocycles. The Balaban J connectivity index is 1.78. The highest BCUT2D eigenvalue weighted by atomic mass is 15.1. The van der Waals surface area contributed by atoms with Gasteiger partial charge in [0, 0.05) is 18.1 Å². The molecule has 2 nitrogen and oxygen atoms in total. The lowest BCUT2D eigenvalue weighted by Crippen LogP contribution is -2.40. The molecule has 0 spiro atoms. The molecule has 1 N–H and O–H groups in total. The summed E-state index contributed by atoms with van der Waals surface area (Å²) in [5.74, 6) is 0.957. The van der Waals surface area contributed by atoms with Crippen LogP contribution in [0.3, 0.4) is 0 Å². The third kappa shape index (κ3) is 2.78. The van der Waals surface area contributed by atoms with Crippen LogP contribution >= 0.6 is 0 Å². The van der Waals surface area contributed by atoms with Crippen LogP contribution in [0.15, 0.2) is 0 Å². The normalized spacial score (nSPS) is 39.8. The van der Waals surface area contributed by atoms with E-state index in [1.165, 1.54) is 44.9 Å². The van der Waals surface area contributed by atoms with Gasteiger partial charge in [-0.25, -0.2) is 0 Å². The third-order valence-corrected chi connectivity index (χ3v) is 4.77. The molecule has 0 aromatic heterocycles. The molecule has 0 aromatic carbocycles. The standard InChI is InChI=1S/C14H28N2/c1-4-11-6-5-7-14(11)15-12-8-9-13(10-12)16(2)3/h11-15H,4-10H2,1-3H3. The molecule has 2 fully saturated rings. The van der Waals surface area contributed by atoms with Crippen molar-refractivity contribution in [2.75, 3.05) is 14.1 Å². The SMILES string of the molecule is CCC1CCCC1NC1CCC(N(C)C)C1. The number of hydrogen-bond donors (Lipinski definition) is 1. The van der Waals surface area contributed by atoms with Crippen molar-refractivity contribution < 1.29 is 0 Å². The second kappa shape index (κ2) is 5.50. The van der Waals surface area contributed by atoms with Gasteiger partial charge in [-0.05, 0) is 52.1 Å². The highest BCUT2D eigenvalue weighted by Gasteiger charge is 2.31. The van der Waals surface area contributed by atoms with Gasteiger partial charge in [0.1, 0.15) is 0 Å². The molecule has 0 aromatic rings. The monoisotopic (exact) mass is 224 g/mol. The van der Waals surface area contributed by atoms with Crippen LogP contribution in [0, 0.1) is 5.92 Å². The molecular formula is C14H28N2. The number of rotatable bonds is 4. The fourth-order valence-electron chi connectivity index (χ4n) is 3.63. The van der Waals surface area contributed by atoms with Crippen molar-refractivity contribution in [2.24, 2.45) is 5.92 Å². The minimum absolute atomic E-state index is 0.796. The van der Waals surface area contributed by atoms with Crippen LogP contribution < -0.4 is 5.32 Å². The Hall–Kier alpha value is -0.0800. The highest BCUT2D eigenvalue weighted by molar-refractivity contribution is 4.90. The van der Waals surface area contributed by atoms with E-state index in [-0.39, 0.29) is 0 Å². The number of hydrogen-bond acceptors (Lipinski definition) is 2. The largest absolute Gasteiger partial charge is 0.311 e. The van der Waals surface area contributed by atoms with E-state index in [4.69, 9.17) is 0 Å². The maximum Gasteiger partial charge on any atom is 0.0105 e. The molecule has 94 valence electrons. The van der Waals surface area contributed by atoms with Crippen molar-refractivity contribution >= 4 is 0 Å². The predicted octanol–water partition coefficient (Wildman–Crippen LogP) is 2.64. The molecule has 0 bridgehead atoms. The van der Waals surface area contributed by atoms with Crippen molar-refractivity contribution in [1.82, 2.24) is 10.2 Å². The summed E-state index contributed by atoms with van der Waals surface area (Å²) < 4.78 is 0. The first-order valence-electron chi connectivity index (χ1n) is 7.13. The lowest BCUT2D eigenvalue weighted by atomic mass is 9.99. The molecule has 0 radical (unpaired) electrons. The minimum atomic E-state index is 0.796. The molecule has 16 heavy (non-hydrogen) atoms. The topological polar surface area (TPSA) is 15.3 Å². The van der Waals surface area contributed by atoms with Crippen LogP contribution in [0.1, 0.15) is 51.9 Å². The lowest BCUT2D eigenvalue weighted by Gasteiger charge is -2.25. The Kier molecular flexibility index (Phi) is 4.26. The summed E-state index contributed by atoms with van der Waals surface area (Å²) >= 11 is 0. The summed E-state index contributed by atoms with van der Waals surface area (Å²) in [4.78, 5) is 2.40. The van der Waals surface area contributed by atoms with Crippen LogP contribution in [0.4, 0.5) is 0 Å². The first-order chi connectivity index (χ1) is 7.70. The van der Waals surface area contributed by atoms with E-state index in [1.807, 2.05) is 0 Å².